The first-order valence-corrected chi connectivity index (χ1v) is 8.98. The summed E-state index contributed by atoms with van der Waals surface area (Å²) in [4.78, 5) is 27.4. The van der Waals surface area contributed by atoms with Crippen LogP contribution in [0.2, 0.25) is 0 Å². The van der Waals surface area contributed by atoms with E-state index in [1.165, 1.54) is 4.70 Å². The van der Waals surface area contributed by atoms with Crippen LogP contribution in [0.15, 0.2) is 29.4 Å². The number of aromatic nitrogens is 1. The number of carbonyl (C=O) groups excluding carboxylic acids is 2. The number of thiazole rings is 1. The maximum absolute atomic E-state index is 11.8. The van der Waals surface area contributed by atoms with E-state index in [2.05, 4.69) is 26.9 Å². The number of nitrogens with zero attached hydrogens (tertiary/aromatic N) is 2. The predicted molar refractivity (Wildman–Crippen MR) is 95.0 cm³/mol. The Kier molecular flexibility index (Phi) is 5.53. The molecule has 24 heavy (non-hydrogen) atoms. The van der Waals surface area contributed by atoms with Gasteiger partial charge in [0, 0.05) is 31.5 Å². The van der Waals surface area contributed by atoms with Crippen molar-refractivity contribution in [1.82, 2.24) is 15.7 Å². The summed E-state index contributed by atoms with van der Waals surface area (Å²) in [7, 11) is 0. The molecule has 2 amide bonds. The monoisotopic (exact) mass is 344 g/mol. The molecule has 0 unspecified atom stereocenters. The van der Waals surface area contributed by atoms with E-state index < -0.39 is 0 Å². The summed E-state index contributed by atoms with van der Waals surface area (Å²) in [6.07, 6.45) is 3.88. The topological polar surface area (TPSA) is 83.5 Å². The number of benzene rings is 1. The van der Waals surface area contributed by atoms with Gasteiger partial charge in [-0.05, 0) is 31.4 Å². The number of hydrazone groups is 1. The van der Waals surface area contributed by atoms with Crippen LogP contribution in [0.5, 0.6) is 0 Å². The Morgan fingerprint density at radius 2 is 2.12 bits per heavy atom. The minimum Gasteiger partial charge on any atom is -0.356 e. The van der Waals surface area contributed by atoms with Gasteiger partial charge in [-0.2, -0.15) is 5.10 Å². The highest BCUT2D eigenvalue weighted by Crippen LogP contribution is 2.22. The first-order chi connectivity index (χ1) is 11.7. The van der Waals surface area contributed by atoms with Gasteiger partial charge in [-0.25, -0.2) is 10.4 Å². The van der Waals surface area contributed by atoms with Crippen LogP contribution >= 0.6 is 11.3 Å². The fourth-order valence-electron chi connectivity index (χ4n) is 2.53. The van der Waals surface area contributed by atoms with Crippen LogP contribution in [0.4, 0.5) is 0 Å². The lowest BCUT2D eigenvalue weighted by Crippen LogP contribution is -2.28. The van der Waals surface area contributed by atoms with Crippen LogP contribution in [0, 0.1) is 0 Å². The molecular formula is C17H20N4O2S. The quantitative estimate of drug-likeness (QED) is 0.757. The number of hydrogen-bond acceptors (Lipinski definition) is 5. The second kappa shape index (κ2) is 8.01. The summed E-state index contributed by atoms with van der Waals surface area (Å²) >= 11 is 1.71. The number of rotatable bonds is 7. The number of fused-ring (bicyclic) bond motifs is 1. The van der Waals surface area contributed by atoms with Crippen molar-refractivity contribution in [1.29, 1.82) is 0 Å². The van der Waals surface area contributed by atoms with Crippen molar-refractivity contribution in [3.8, 4) is 0 Å². The van der Waals surface area contributed by atoms with E-state index in [0.29, 0.717) is 32.2 Å². The molecule has 0 saturated carbocycles. The van der Waals surface area contributed by atoms with Crippen molar-refractivity contribution in [2.75, 3.05) is 6.54 Å². The largest absolute Gasteiger partial charge is 0.356 e. The van der Waals surface area contributed by atoms with E-state index in [9.17, 15) is 9.59 Å². The van der Waals surface area contributed by atoms with Crippen LogP contribution < -0.4 is 10.7 Å². The second-order valence-electron chi connectivity index (χ2n) is 5.74. The van der Waals surface area contributed by atoms with Gasteiger partial charge >= 0.3 is 0 Å². The Morgan fingerprint density at radius 3 is 2.92 bits per heavy atom. The van der Waals surface area contributed by atoms with E-state index in [-0.39, 0.29) is 11.8 Å². The second-order valence-corrected chi connectivity index (χ2v) is 6.86. The van der Waals surface area contributed by atoms with Crippen molar-refractivity contribution in [2.45, 2.75) is 38.5 Å². The Hall–Kier alpha value is -2.28. The summed E-state index contributed by atoms with van der Waals surface area (Å²) in [6, 6.07) is 8.11. The molecular weight excluding hydrogens is 324 g/mol. The minimum absolute atomic E-state index is 0.0268. The zero-order valence-corrected chi connectivity index (χ0v) is 14.2. The molecule has 2 aromatic rings. The predicted octanol–water partition coefficient (Wildman–Crippen LogP) is 2.39. The molecule has 0 radical (unpaired) electrons. The molecule has 1 aliphatic heterocycles. The molecule has 6 nitrogen and oxygen atoms in total. The Balaban J connectivity index is 1.34. The molecule has 0 saturated heterocycles. The van der Waals surface area contributed by atoms with Crippen LogP contribution in [-0.2, 0) is 16.0 Å². The summed E-state index contributed by atoms with van der Waals surface area (Å²) < 4.78 is 1.21. The standard InChI is InChI=1S/C17H20N4O2S/c22-15(9-7-12-8-10-16(23)21-20-12)18-11-3-6-17-19-13-4-1-2-5-14(13)24-17/h1-2,4-5H,3,6-11H2,(H,18,22)(H,21,23). The summed E-state index contributed by atoms with van der Waals surface area (Å²) in [5.41, 5.74) is 4.38. The number of aryl methyl sites for hydroxylation is 1. The average molecular weight is 344 g/mol. The number of carbonyl (C=O) groups is 2. The van der Waals surface area contributed by atoms with Gasteiger partial charge < -0.3 is 5.32 Å². The normalized spacial score (nSPS) is 14.3. The van der Waals surface area contributed by atoms with Crippen molar-refractivity contribution in [3.05, 3.63) is 29.3 Å². The third-order valence-corrected chi connectivity index (χ3v) is 4.94. The molecule has 0 spiro atoms. The van der Waals surface area contributed by atoms with Crippen LogP contribution in [0.3, 0.4) is 0 Å². The van der Waals surface area contributed by atoms with E-state index in [1.54, 1.807) is 11.3 Å². The summed E-state index contributed by atoms with van der Waals surface area (Å²) in [6.45, 7) is 0.651. The third-order valence-electron chi connectivity index (χ3n) is 3.85. The van der Waals surface area contributed by atoms with Crippen molar-refractivity contribution >= 4 is 39.1 Å². The van der Waals surface area contributed by atoms with E-state index >= 15 is 0 Å². The van der Waals surface area contributed by atoms with Gasteiger partial charge in [0.15, 0.2) is 0 Å². The first-order valence-electron chi connectivity index (χ1n) is 8.16. The molecule has 2 N–H and O–H groups in total. The van der Waals surface area contributed by atoms with Gasteiger partial charge in [-0.1, -0.05) is 12.1 Å². The summed E-state index contributed by atoms with van der Waals surface area (Å²) in [5, 5.41) is 8.01. The number of para-hydroxylation sites is 1. The van der Waals surface area contributed by atoms with Gasteiger partial charge in [0.05, 0.1) is 15.2 Å². The Labute approximate surface area is 144 Å². The fraction of sp³-hybridized carbons (Fsp3) is 0.412. The van der Waals surface area contributed by atoms with Crippen LogP contribution in [0.1, 0.15) is 37.1 Å². The van der Waals surface area contributed by atoms with Crippen LogP contribution in [0.25, 0.3) is 10.2 Å². The maximum Gasteiger partial charge on any atom is 0.240 e. The third kappa shape index (κ3) is 4.61. The Bertz CT molecular complexity index is 736. The average Bonchev–Trinajstić information content (AvgIpc) is 3.01. The summed E-state index contributed by atoms with van der Waals surface area (Å²) in [5.74, 6) is -0.0306. The van der Waals surface area contributed by atoms with E-state index in [0.717, 1.165) is 29.1 Å². The van der Waals surface area contributed by atoms with Gasteiger partial charge in [0.2, 0.25) is 11.8 Å². The van der Waals surface area contributed by atoms with Crippen LogP contribution in [-0.4, -0.2) is 29.1 Å². The zero-order chi connectivity index (χ0) is 16.8. The molecule has 0 fully saturated rings. The maximum atomic E-state index is 11.8. The number of hydrogen-bond donors (Lipinski definition) is 2. The molecule has 0 bridgehead atoms. The molecule has 7 heteroatoms. The Morgan fingerprint density at radius 1 is 1.25 bits per heavy atom. The van der Waals surface area contributed by atoms with Crippen molar-refractivity contribution < 1.29 is 9.59 Å². The fourth-order valence-corrected chi connectivity index (χ4v) is 3.54. The molecule has 1 aromatic heterocycles. The minimum atomic E-state index is -0.0574. The van der Waals surface area contributed by atoms with Gasteiger partial charge in [0.25, 0.3) is 0 Å². The van der Waals surface area contributed by atoms with Gasteiger partial charge in [0.1, 0.15) is 0 Å². The highest BCUT2D eigenvalue weighted by atomic mass is 32.1. The van der Waals surface area contributed by atoms with E-state index in [1.807, 2.05) is 18.2 Å². The lowest BCUT2D eigenvalue weighted by molar-refractivity contribution is -0.121. The molecule has 2 heterocycles. The molecule has 0 aliphatic carbocycles. The first kappa shape index (κ1) is 16.6. The highest BCUT2D eigenvalue weighted by Gasteiger charge is 2.12. The number of nitrogens with one attached hydrogen (secondary N) is 2. The molecule has 0 atom stereocenters. The molecule has 126 valence electrons. The van der Waals surface area contributed by atoms with Crippen molar-refractivity contribution in [2.24, 2.45) is 5.10 Å². The smallest absolute Gasteiger partial charge is 0.240 e. The van der Waals surface area contributed by atoms with E-state index in [4.69, 9.17) is 0 Å². The molecule has 3 rings (SSSR count). The SMILES string of the molecule is O=C(CCC1=NNC(=O)CC1)NCCCc1nc2ccccc2s1. The lowest BCUT2D eigenvalue weighted by Gasteiger charge is -2.11. The van der Waals surface area contributed by atoms with Crippen molar-refractivity contribution in [3.63, 3.8) is 0 Å². The highest BCUT2D eigenvalue weighted by molar-refractivity contribution is 7.18. The van der Waals surface area contributed by atoms with Gasteiger partial charge in [-0.15, -0.1) is 11.3 Å². The lowest BCUT2D eigenvalue weighted by atomic mass is 10.1. The zero-order valence-electron chi connectivity index (χ0n) is 13.4. The number of amides is 2. The molecule has 1 aromatic carbocycles. The van der Waals surface area contributed by atoms with Gasteiger partial charge in [-0.3, -0.25) is 9.59 Å². The molecule has 1 aliphatic rings.